The van der Waals surface area contributed by atoms with Crippen molar-refractivity contribution in [3.05, 3.63) is 47.3 Å². The van der Waals surface area contributed by atoms with E-state index < -0.39 is 0 Å². The van der Waals surface area contributed by atoms with E-state index in [9.17, 15) is 4.79 Å². The lowest BCUT2D eigenvalue weighted by atomic mass is 10.0. The maximum Gasteiger partial charge on any atom is 0.214 e. The number of aromatic amines is 1. The molecule has 0 aliphatic heterocycles. The molecule has 0 atom stereocenters. The quantitative estimate of drug-likeness (QED) is 0.767. The SMILES string of the molecule is CCc1cccc(C(=O)c2cn[nH]n2)c1. The zero-order valence-electron chi connectivity index (χ0n) is 8.40. The number of benzene rings is 1. The van der Waals surface area contributed by atoms with Gasteiger partial charge in [0.15, 0.2) is 5.69 Å². The number of nitrogens with zero attached hydrogens (tertiary/aromatic N) is 2. The van der Waals surface area contributed by atoms with Gasteiger partial charge in [-0.25, -0.2) is 0 Å². The standard InChI is InChI=1S/C11H11N3O/c1-2-8-4-3-5-9(6-8)11(15)10-7-12-14-13-10/h3-7H,2H2,1H3,(H,12,13,14). The molecular formula is C11H11N3O. The van der Waals surface area contributed by atoms with Crippen molar-refractivity contribution in [3.8, 4) is 0 Å². The van der Waals surface area contributed by atoms with Crippen molar-refractivity contribution in [2.24, 2.45) is 0 Å². The third-order valence-corrected chi connectivity index (χ3v) is 2.25. The van der Waals surface area contributed by atoms with Crippen LogP contribution in [0, 0.1) is 0 Å². The van der Waals surface area contributed by atoms with Crippen molar-refractivity contribution >= 4 is 5.78 Å². The third-order valence-electron chi connectivity index (χ3n) is 2.25. The normalized spacial score (nSPS) is 10.2. The van der Waals surface area contributed by atoms with E-state index in [4.69, 9.17) is 0 Å². The van der Waals surface area contributed by atoms with Gasteiger partial charge in [0, 0.05) is 5.56 Å². The largest absolute Gasteiger partial charge is 0.287 e. The number of nitrogens with one attached hydrogen (secondary N) is 1. The molecule has 4 nitrogen and oxygen atoms in total. The Labute approximate surface area is 87.3 Å². The van der Waals surface area contributed by atoms with E-state index >= 15 is 0 Å². The number of aryl methyl sites for hydroxylation is 1. The van der Waals surface area contributed by atoms with E-state index in [1.807, 2.05) is 18.2 Å². The predicted molar refractivity (Wildman–Crippen MR) is 55.6 cm³/mol. The third kappa shape index (κ3) is 1.93. The van der Waals surface area contributed by atoms with Gasteiger partial charge in [-0.1, -0.05) is 25.1 Å². The van der Waals surface area contributed by atoms with Gasteiger partial charge in [-0.2, -0.15) is 15.4 Å². The summed E-state index contributed by atoms with van der Waals surface area (Å²) in [5.41, 5.74) is 2.15. The van der Waals surface area contributed by atoms with E-state index in [-0.39, 0.29) is 5.78 Å². The van der Waals surface area contributed by atoms with Gasteiger partial charge in [-0.05, 0) is 18.1 Å². The summed E-state index contributed by atoms with van der Waals surface area (Å²) in [5.74, 6) is -0.0981. The molecule has 2 aromatic rings. The van der Waals surface area contributed by atoms with Crippen molar-refractivity contribution in [2.75, 3.05) is 0 Å². The molecule has 0 saturated heterocycles. The van der Waals surface area contributed by atoms with Gasteiger partial charge in [0.05, 0.1) is 6.20 Å². The van der Waals surface area contributed by atoms with Crippen molar-refractivity contribution in [1.29, 1.82) is 0 Å². The number of ketones is 1. The Kier molecular flexibility index (Phi) is 2.58. The Morgan fingerprint density at radius 1 is 1.47 bits per heavy atom. The van der Waals surface area contributed by atoms with Crippen LogP contribution in [0.1, 0.15) is 28.5 Å². The van der Waals surface area contributed by atoms with Gasteiger partial charge in [-0.3, -0.25) is 4.79 Å². The number of hydrogen-bond donors (Lipinski definition) is 1. The average Bonchev–Trinajstić information content (AvgIpc) is 2.81. The summed E-state index contributed by atoms with van der Waals surface area (Å²) >= 11 is 0. The maximum absolute atomic E-state index is 11.9. The van der Waals surface area contributed by atoms with E-state index in [0.29, 0.717) is 11.3 Å². The minimum atomic E-state index is -0.0981. The molecule has 1 aromatic carbocycles. The summed E-state index contributed by atoms with van der Waals surface area (Å²) in [7, 11) is 0. The first-order chi connectivity index (χ1) is 7.31. The smallest absolute Gasteiger partial charge is 0.214 e. The molecule has 1 aromatic heterocycles. The zero-order valence-corrected chi connectivity index (χ0v) is 8.40. The van der Waals surface area contributed by atoms with Crippen LogP contribution >= 0.6 is 0 Å². The fourth-order valence-electron chi connectivity index (χ4n) is 1.39. The van der Waals surface area contributed by atoms with Gasteiger partial charge < -0.3 is 0 Å². The Morgan fingerprint density at radius 3 is 3.00 bits per heavy atom. The molecule has 0 aliphatic carbocycles. The second kappa shape index (κ2) is 4.04. The van der Waals surface area contributed by atoms with Crippen LogP contribution < -0.4 is 0 Å². The molecule has 0 unspecified atom stereocenters. The first kappa shape index (κ1) is 9.58. The second-order valence-corrected chi connectivity index (χ2v) is 3.24. The number of carbonyl (C=O) groups excluding carboxylic acids is 1. The number of hydrogen-bond acceptors (Lipinski definition) is 3. The van der Waals surface area contributed by atoms with E-state index in [1.165, 1.54) is 6.20 Å². The van der Waals surface area contributed by atoms with Gasteiger partial charge in [0.25, 0.3) is 0 Å². The van der Waals surface area contributed by atoms with Crippen LogP contribution in [-0.2, 0) is 6.42 Å². The second-order valence-electron chi connectivity index (χ2n) is 3.24. The van der Waals surface area contributed by atoms with Crippen LogP contribution in [0.25, 0.3) is 0 Å². The molecule has 0 aliphatic rings. The fourth-order valence-corrected chi connectivity index (χ4v) is 1.39. The van der Waals surface area contributed by atoms with Crippen molar-refractivity contribution < 1.29 is 4.79 Å². The molecular weight excluding hydrogens is 190 g/mol. The molecule has 1 heterocycles. The monoisotopic (exact) mass is 201 g/mol. The number of carbonyl (C=O) groups is 1. The van der Waals surface area contributed by atoms with E-state index in [0.717, 1.165) is 12.0 Å². The maximum atomic E-state index is 11.9. The predicted octanol–water partition coefficient (Wildman–Crippen LogP) is 1.60. The first-order valence-corrected chi connectivity index (χ1v) is 4.80. The molecule has 0 spiro atoms. The highest BCUT2D eigenvalue weighted by atomic mass is 16.1. The highest BCUT2D eigenvalue weighted by Gasteiger charge is 2.11. The molecule has 15 heavy (non-hydrogen) atoms. The topological polar surface area (TPSA) is 58.6 Å². The summed E-state index contributed by atoms with van der Waals surface area (Å²) in [5, 5.41) is 9.80. The molecule has 1 N–H and O–H groups in total. The number of aromatic nitrogens is 3. The summed E-state index contributed by atoms with van der Waals surface area (Å²) in [6.45, 7) is 2.06. The van der Waals surface area contributed by atoms with E-state index in [2.05, 4.69) is 22.3 Å². The van der Waals surface area contributed by atoms with Gasteiger partial charge in [-0.15, -0.1) is 0 Å². The molecule has 0 fully saturated rings. The Balaban J connectivity index is 2.34. The Bertz CT molecular complexity index is 462. The van der Waals surface area contributed by atoms with Crippen LogP contribution in [-0.4, -0.2) is 21.2 Å². The minimum Gasteiger partial charge on any atom is -0.287 e. The van der Waals surface area contributed by atoms with Crippen LogP contribution in [0.5, 0.6) is 0 Å². The Morgan fingerprint density at radius 2 is 2.33 bits per heavy atom. The molecule has 0 amide bonds. The molecule has 0 radical (unpaired) electrons. The zero-order chi connectivity index (χ0) is 10.7. The summed E-state index contributed by atoms with van der Waals surface area (Å²) < 4.78 is 0. The molecule has 4 heteroatoms. The fraction of sp³-hybridized carbons (Fsp3) is 0.182. The Hall–Kier alpha value is -1.97. The van der Waals surface area contributed by atoms with Crippen LogP contribution in [0.4, 0.5) is 0 Å². The van der Waals surface area contributed by atoms with Crippen molar-refractivity contribution in [3.63, 3.8) is 0 Å². The van der Waals surface area contributed by atoms with E-state index in [1.54, 1.807) is 6.07 Å². The van der Waals surface area contributed by atoms with Crippen LogP contribution in [0.2, 0.25) is 0 Å². The summed E-state index contributed by atoms with van der Waals surface area (Å²) in [6.07, 6.45) is 2.35. The number of H-pyrrole nitrogens is 1. The molecule has 0 saturated carbocycles. The summed E-state index contributed by atoms with van der Waals surface area (Å²) in [4.78, 5) is 11.9. The average molecular weight is 201 g/mol. The van der Waals surface area contributed by atoms with Crippen molar-refractivity contribution in [1.82, 2.24) is 15.4 Å². The lowest BCUT2D eigenvalue weighted by molar-refractivity contribution is 0.103. The minimum absolute atomic E-state index is 0.0981. The lowest BCUT2D eigenvalue weighted by Gasteiger charge is -2.00. The van der Waals surface area contributed by atoms with Gasteiger partial charge in [0.1, 0.15) is 0 Å². The summed E-state index contributed by atoms with van der Waals surface area (Å²) in [6, 6.07) is 7.55. The van der Waals surface area contributed by atoms with Crippen LogP contribution in [0.15, 0.2) is 30.5 Å². The lowest BCUT2D eigenvalue weighted by Crippen LogP contribution is -2.02. The molecule has 76 valence electrons. The highest BCUT2D eigenvalue weighted by Crippen LogP contribution is 2.09. The highest BCUT2D eigenvalue weighted by molar-refractivity contribution is 6.07. The molecule has 0 bridgehead atoms. The first-order valence-electron chi connectivity index (χ1n) is 4.80. The number of rotatable bonds is 3. The van der Waals surface area contributed by atoms with Gasteiger partial charge in [0.2, 0.25) is 5.78 Å². The van der Waals surface area contributed by atoms with Gasteiger partial charge >= 0.3 is 0 Å². The van der Waals surface area contributed by atoms with Crippen molar-refractivity contribution in [2.45, 2.75) is 13.3 Å². The molecule has 2 rings (SSSR count). The van der Waals surface area contributed by atoms with Crippen LogP contribution in [0.3, 0.4) is 0 Å².